The lowest BCUT2D eigenvalue weighted by molar-refractivity contribution is -0.126. The SMILES string of the molecule is CC(C)(C)CCNC(=O)C1CC(S(=O)(=O)N2CCOCC2)C(c2ccccc2F)N1C(=O)OC(C)(C)C. The molecule has 0 spiro atoms. The molecule has 1 N–H and O–H groups in total. The molecule has 2 amide bonds. The Morgan fingerprint density at radius 2 is 1.73 bits per heavy atom. The Morgan fingerprint density at radius 1 is 1.11 bits per heavy atom. The van der Waals surface area contributed by atoms with Gasteiger partial charge in [-0.3, -0.25) is 9.69 Å². The van der Waals surface area contributed by atoms with Crippen molar-refractivity contribution in [3.8, 4) is 0 Å². The van der Waals surface area contributed by atoms with Crippen molar-refractivity contribution in [3.05, 3.63) is 35.6 Å². The first kappa shape index (κ1) is 29.3. The van der Waals surface area contributed by atoms with E-state index in [2.05, 4.69) is 5.32 Å². The van der Waals surface area contributed by atoms with Gasteiger partial charge in [-0.25, -0.2) is 17.6 Å². The Kier molecular flexibility index (Phi) is 8.91. The monoisotopic (exact) mass is 541 g/mol. The Balaban J connectivity index is 2.07. The number of hydrogen-bond acceptors (Lipinski definition) is 6. The van der Waals surface area contributed by atoms with Gasteiger partial charge in [-0.2, -0.15) is 4.31 Å². The smallest absolute Gasteiger partial charge is 0.411 e. The van der Waals surface area contributed by atoms with Crippen LogP contribution in [0.15, 0.2) is 24.3 Å². The molecule has 11 heteroatoms. The van der Waals surface area contributed by atoms with Crippen LogP contribution in [0.3, 0.4) is 0 Å². The molecule has 3 atom stereocenters. The number of carbonyl (C=O) groups is 2. The van der Waals surface area contributed by atoms with Crippen LogP contribution in [-0.4, -0.2) is 79.4 Å². The van der Waals surface area contributed by atoms with Crippen LogP contribution in [0.2, 0.25) is 0 Å². The molecule has 208 valence electrons. The van der Waals surface area contributed by atoms with Gasteiger partial charge in [0, 0.05) is 25.2 Å². The number of ether oxygens (including phenoxy) is 2. The fourth-order valence-corrected chi connectivity index (χ4v) is 6.71. The van der Waals surface area contributed by atoms with E-state index in [1.54, 1.807) is 26.8 Å². The number of halogens is 1. The maximum absolute atomic E-state index is 15.2. The summed E-state index contributed by atoms with van der Waals surface area (Å²) in [6, 6.07) is 3.35. The lowest BCUT2D eigenvalue weighted by Gasteiger charge is -2.35. The van der Waals surface area contributed by atoms with Crippen molar-refractivity contribution in [2.75, 3.05) is 32.8 Å². The molecule has 2 heterocycles. The molecule has 3 unspecified atom stereocenters. The van der Waals surface area contributed by atoms with E-state index in [1.807, 2.05) is 20.8 Å². The molecule has 9 nitrogen and oxygen atoms in total. The third-order valence-electron chi connectivity index (χ3n) is 6.46. The topological polar surface area (TPSA) is 105 Å². The second-order valence-corrected chi connectivity index (χ2v) is 14.0. The first-order valence-electron chi connectivity index (χ1n) is 12.7. The summed E-state index contributed by atoms with van der Waals surface area (Å²) < 4.78 is 55.2. The minimum absolute atomic E-state index is 0.0279. The van der Waals surface area contributed by atoms with Crippen LogP contribution in [0.5, 0.6) is 0 Å². The lowest BCUT2D eigenvalue weighted by atomic mass is 9.92. The van der Waals surface area contributed by atoms with Crippen molar-refractivity contribution < 1.29 is 31.9 Å². The largest absolute Gasteiger partial charge is 0.444 e. The molecule has 0 aromatic heterocycles. The number of rotatable bonds is 6. The average Bonchev–Trinajstić information content (AvgIpc) is 3.19. The van der Waals surface area contributed by atoms with Crippen molar-refractivity contribution in [2.45, 2.75) is 77.3 Å². The lowest BCUT2D eigenvalue weighted by Crippen LogP contribution is -2.49. The molecule has 2 aliphatic heterocycles. The number of hydrogen-bond donors (Lipinski definition) is 1. The van der Waals surface area contributed by atoms with E-state index in [0.29, 0.717) is 13.0 Å². The third-order valence-corrected chi connectivity index (χ3v) is 8.76. The maximum Gasteiger partial charge on any atom is 0.411 e. The fraction of sp³-hybridized carbons (Fsp3) is 0.692. The predicted octanol–water partition coefficient (Wildman–Crippen LogP) is 3.46. The zero-order valence-corrected chi connectivity index (χ0v) is 23.4. The van der Waals surface area contributed by atoms with Gasteiger partial charge in [0.25, 0.3) is 0 Å². The van der Waals surface area contributed by atoms with E-state index in [1.165, 1.54) is 22.5 Å². The first-order chi connectivity index (χ1) is 17.1. The Labute approximate surface area is 219 Å². The van der Waals surface area contributed by atoms with E-state index in [0.717, 1.165) is 4.90 Å². The molecule has 0 aliphatic carbocycles. The summed E-state index contributed by atoms with van der Waals surface area (Å²) in [7, 11) is -4.04. The molecule has 1 aromatic carbocycles. The van der Waals surface area contributed by atoms with Crippen LogP contribution >= 0.6 is 0 Å². The van der Waals surface area contributed by atoms with Gasteiger partial charge in [-0.05, 0) is 45.1 Å². The molecule has 0 saturated carbocycles. The van der Waals surface area contributed by atoms with Gasteiger partial charge in [-0.15, -0.1) is 0 Å². The number of carbonyl (C=O) groups excluding carboxylic acids is 2. The van der Waals surface area contributed by atoms with Gasteiger partial charge in [-0.1, -0.05) is 39.0 Å². The van der Waals surface area contributed by atoms with Crippen LogP contribution in [-0.2, 0) is 24.3 Å². The quantitative estimate of drug-likeness (QED) is 0.592. The van der Waals surface area contributed by atoms with Crippen molar-refractivity contribution in [1.29, 1.82) is 0 Å². The Morgan fingerprint density at radius 3 is 2.30 bits per heavy atom. The number of nitrogens with zero attached hydrogens (tertiary/aromatic N) is 2. The molecule has 2 aliphatic rings. The van der Waals surface area contributed by atoms with Crippen LogP contribution in [0.1, 0.15) is 66.0 Å². The highest BCUT2D eigenvalue weighted by molar-refractivity contribution is 7.89. The van der Waals surface area contributed by atoms with Crippen molar-refractivity contribution in [3.63, 3.8) is 0 Å². The summed E-state index contributed by atoms with van der Waals surface area (Å²) in [4.78, 5) is 28.1. The maximum atomic E-state index is 15.2. The minimum atomic E-state index is -4.04. The van der Waals surface area contributed by atoms with Crippen molar-refractivity contribution in [2.24, 2.45) is 5.41 Å². The Hall–Kier alpha value is -2.24. The number of likely N-dealkylation sites (tertiary alicyclic amines) is 1. The van der Waals surface area contributed by atoms with Crippen molar-refractivity contribution in [1.82, 2.24) is 14.5 Å². The van der Waals surface area contributed by atoms with E-state index in [4.69, 9.17) is 9.47 Å². The van der Waals surface area contributed by atoms with E-state index >= 15 is 4.39 Å². The summed E-state index contributed by atoms with van der Waals surface area (Å²) >= 11 is 0. The summed E-state index contributed by atoms with van der Waals surface area (Å²) in [5, 5.41) is 1.61. The normalized spacial score (nSPS) is 23.6. The molecule has 37 heavy (non-hydrogen) atoms. The first-order valence-corrected chi connectivity index (χ1v) is 14.2. The van der Waals surface area contributed by atoms with Gasteiger partial charge in [0.2, 0.25) is 15.9 Å². The predicted molar refractivity (Wildman–Crippen MR) is 138 cm³/mol. The second kappa shape index (κ2) is 11.2. The van der Waals surface area contributed by atoms with Gasteiger partial charge in [0.1, 0.15) is 22.7 Å². The van der Waals surface area contributed by atoms with Gasteiger partial charge in [0.15, 0.2) is 0 Å². The van der Waals surface area contributed by atoms with Crippen LogP contribution < -0.4 is 5.32 Å². The zero-order valence-electron chi connectivity index (χ0n) is 22.6. The van der Waals surface area contributed by atoms with E-state index in [9.17, 15) is 18.0 Å². The molecular weight excluding hydrogens is 501 g/mol. The van der Waals surface area contributed by atoms with Crippen LogP contribution in [0.25, 0.3) is 0 Å². The number of morpholine rings is 1. The molecule has 0 bridgehead atoms. The summed E-state index contributed by atoms with van der Waals surface area (Å²) in [5.41, 5.74) is -0.919. The summed E-state index contributed by atoms with van der Waals surface area (Å²) in [6.07, 6.45) is -0.361. The Bertz CT molecular complexity index is 1080. The summed E-state index contributed by atoms with van der Waals surface area (Å²) in [5.74, 6) is -1.15. The molecule has 2 fully saturated rings. The van der Waals surface area contributed by atoms with E-state index < -0.39 is 50.8 Å². The molecule has 1 aromatic rings. The molecule has 3 rings (SSSR count). The fourth-order valence-electron chi connectivity index (χ4n) is 4.64. The number of sulfonamides is 1. The van der Waals surface area contributed by atoms with Crippen molar-refractivity contribution >= 4 is 22.0 Å². The second-order valence-electron chi connectivity index (χ2n) is 11.8. The van der Waals surface area contributed by atoms with Crippen LogP contribution in [0, 0.1) is 11.2 Å². The van der Waals surface area contributed by atoms with Gasteiger partial charge in [0.05, 0.1) is 19.3 Å². The number of amides is 2. The third kappa shape index (κ3) is 7.20. The minimum Gasteiger partial charge on any atom is -0.444 e. The highest BCUT2D eigenvalue weighted by Crippen LogP contribution is 2.43. The molecule has 0 radical (unpaired) electrons. The zero-order chi connectivity index (χ0) is 27.6. The van der Waals surface area contributed by atoms with Crippen LogP contribution in [0.4, 0.5) is 9.18 Å². The number of nitrogens with one attached hydrogen (secondary N) is 1. The van der Waals surface area contributed by atoms with Gasteiger partial charge < -0.3 is 14.8 Å². The molecule has 2 saturated heterocycles. The average molecular weight is 542 g/mol. The highest BCUT2D eigenvalue weighted by atomic mass is 32.2. The van der Waals surface area contributed by atoms with Gasteiger partial charge >= 0.3 is 6.09 Å². The van der Waals surface area contributed by atoms with E-state index in [-0.39, 0.29) is 43.7 Å². The summed E-state index contributed by atoms with van der Waals surface area (Å²) in [6.45, 7) is 12.3. The highest BCUT2D eigenvalue weighted by Gasteiger charge is 2.55. The molecular formula is C26H40FN3O6S. The standard InChI is InChI=1S/C26H40FN3O6S/c1-25(2,3)11-12-28-23(31)20-17-21(37(33,34)29-13-15-35-16-14-29)22(18-9-7-8-10-19(18)27)30(20)24(32)36-26(4,5)6/h7-10,20-22H,11-17H2,1-6H3,(H,28,31). The number of benzene rings is 1.